The Labute approximate surface area is 187 Å². The van der Waals surface area contributed by atoms with Gasteiger partial charge in [0.25, 0.3) is 5.91 Å². The first-order chi connectivity index (χ1) is 15.9. The van der Waals surface area contributed by atoms with Crippen LogP contribution >= 0.6 is 0 Å². The van der Waals surface area contributed by atoms with Crippen molar-refractivity contribution in [1.29, 1.82) is 0 Å². The van der Waals surface area contributed by atoms with Crippen molar-refractivity contribution in [2.24, 2.45) is 0 Å². The molecule has 0 radical (unpaired) electrons. The molecule has 3 aromatic rings. The van der Waals surface area contributed by atoms with Crippen molar-refractivity contribution in [3.63, 3.8) is 0 Å². The van der Waals surface area contributed by atoms with Crippen molar-refractivity contribution < 1.29 is 32.9 Å². The summed E-state index contributed by atoms with van der Waals surface area (Å²) in [6.07, 6.45) is 3.53. The summed E-state index contributed by atoms with van der Waals surface area (Å²) in [6.45, 7) is -2.98. The van der Waals surface area contributed by atoms with Crippen molar-refractivity contribution in [2.45, 2.75) is 31.6 Å². The first-order valence-electron chi connectivity index (χ1n) is 10.4. The summed E-state index contributed by atoms with van der Waals surface area (Å²) in [5.41, 5.74) is 2.09. The molecule has 0 aliphatic carbocycles. The third kappa shape index (κ3) is 5.04. The maximum atomic E-state index is 14.1. The monoisotopic (exact) mass is 464 g/mol. The molecule has 1 aliphatic heterocycles. The molecule has 1 aromatic carbocycles. The molecule has 1 aliphatic rings. The van der Waals surface area contributed by atoms with E-state index in [1.807, 2.05) is 11.0 Å². The summed E-state index contributed by atoms with van der Waals surface area (Å²) in [4.78, 5) is 14.6. The van der Waals surface area contributed by atoms with E-state index < -0.39 is 31.0 Å². The summed E-state index contributed by atoms with van der Waals surface area (Å²) < 4.78 is 45.3. The van der Waals surface area contributed by atoms with E-state index in [1.165, 1.54) is 22.8 Å². The van der Waals surface area contributed by atoms with Crippen LogP contribution in [-0.4, -0.2) is 58.1 Å². The third-order valence-electron chi connectivity index (χ3n) is 5.55. The van der Waals surface area contributed by atoms with E-state index in [0.717, 1.165) is 18.2 Å². The van der Waals surface area contributed by atoms with E-state index >= 15 is 0 Å². The molecule has 33 heavy (non-hydrogen) atoms. The predicted octanol–water partition coefficient (Wildman–Crippen LogP) is 2.50. The molecule has 4 rings (SSSR count). The number of benzene rings is 1. The molecule has 11 heteroatoms. The van der Waals surface area contributed by atoms with Gasteiger partial charge >= 0.3 is 6.61 Å². The minimum atomic E-state index is -3.05. The average Bonchev–Trinajstić information content (AvgIpc) is 3.43. The molecule has 1 amide bonds. The molecule has 0 saturated carbocycles. The predicted molar refractivity (Wildman–Crippen MR) is 113 cm³/mol. The van der Waals surface area contributed by atoms with Crippen molar-refractivity contribution in [3.05, 3.63) is 59.7 Å². The number of hydrogen-bond donors (Lipinski definition) is 3. The molecule has 0 spiro atoms. The highest BCUT2D eigenvalue weighted by molar-refractivity contribution is 6.01. The normalized spacial score (nSPS) is 17.0. The summed E-state index contributed by atoms with van der Waals surface area (Å²) in [6, 6.07) is 6.98. The fourth-order valence-corrected chi connectivity index (χ4v) is 4.06. The highest BCUT2D eigenvalue weighted by Gasteiger charge is 2.28. The van der Waals surface area contributed by atoms with Gasteiger partial charge in [-0.25, -0.2) is 8.91 Å². The summed E-state index contributed by atoms with van der Waals surface area (Å²) in [5.74, 6) is -1.35. The quantitative estimate of drug-likeness (QED) is 0.474. The van der Waals surface area contributed by atoms with Crippen molar-refractivity contribution in [2.75, 3.05) is 24.6 Å². The second kappa shape index (κ2) is 9.67. The van der Waals surface area contributed by atoms with E-state index in [-0.39, 0.29) is 23.9 Å². The Hall–Kier alpha value is -3.31. The van der Waals surface area contributed by atoms with Crippen LogP contribution in [0.2, 0.25) is 0 Å². The Morgan fingerprint density at radius 2 is 2.12 bits per heavy atom. The van der Waals surface area contributed by atoms with Crippen LogP contribution in [0.1, 0.15) is 34.8 Å². The van der Waals surface area contributed by atoms with Gasteiger partial charge in [0.05, 0.1) is 36.0 Å². The molecule has 0 bridgehead atoms. The molecule has 1 saturated heterocycles. The van der Waals surface area contributed by atoms with Gasteiger partial charge in [-0.15, -0.1) is 0 Å². The van der Waals surface area contributed by atoms with Gasteiger partial charge in [-0.1, -0.05) is 0 Å². The minimum Gasteiger partial charge on any atom is -0.435 e. The number of pyridine rings is 1. The van der Waals surface area contributed by atoms with E-state index in [4.69, 9.17) is 5.11 Å². The number of alkyl halides is 2. The SMILES string of the molecule is O=C(NC[C@H](O)CO)c1cnn2ccc(N3CCCC3c3cc(F)cc(OC(F)F)c3)cc12. The van der Waals surface area contributed by atoms with Gasteiger partial charge < -0.3 is 25.2 Å². The van der Waals surface area contributed by atoms with Gasteiger partial charge in [0.2, 0.25) is 0 Å². The van der Waals surface area contributed by atoms with Crippen LogP contribution in [0.4, 0.5) is 18.9 Å². The second-order valence-electron chi connectivity index (χ2n) is 7.77. The summed E-state index contributed by atoms with van der Waals surface area (Å²) in [5, 5.41) is 25.1. The van der Waals surface area contributed by atoms with E-state index in [2.05, 4.69) is 15.2 Å². The number of amides is 1. The fourth-order valence-electron chi connectivity index (χ4n) is 4.06. The molecule has 8 nitrogen and oxygen atoms in total. The molecule has 1 fully saturated rings. The largest absolute Gasteiger partial charge is 0.435 e. The van der Waals surface area contributed by atoms with Gasteiger partial charge in [0, 0.05) is 31.0 Å². The standard InChI is InChI=1S/C22H23F3N4O4/c23-14-6-13(7-17(8-14)33-22(24)25)19-2-1-4-28(19)15-3-5-29-20(9-15)18(11-27-29)21(32)26-10-16(31)12-30/h3,5-9,11,16,19,22,30-31H,1-2,4,10,12H2,(H,26,32)/t16-,19?/m0/s1. The van der Waals surface area contributed by atoms with Gasteiger partial charge in [-0.3, -0.25) is 4.79 Å². The van der Waals surface area contributed by atoms with E-state index in [0.29, 0.717) is 24.0 Å². The lowest BCUT2D eigenvalue weighted by Crippen LogP contribution is -2.33. The van der Waals surface area contributed by atoms with Crippen LogP contribution in [0.5, 0.6) is 5.75 Å². The van der Waals surface area contributed by atoms with Gasteiger partial charge in [0.1, 0.15) is 11.6 Å². The van der Waals surface area contributed by atoms with Gasteiger partial charge in [0.15, 0.2) is 0 Å². The number of anilines is 1. The number of hydrogen-bond acceptors (Lipinski definition) is 6. The number of aliphatic hydroxyl groups is 2. The number of ether oxygens (including phenoxy) is 1. The van der Waals surface area contributed by atoms with Crippen LogP contribution in [0, 0.1) is 5.82 Å². The molecule has 176 valence electrons. The maximum absolute atomic E-state index is 14.1. The van der Waals surface area contributed by atoms with Gasteiger partial charge in [-0.2, -0.15) is 13.9 Å². The molecule has 3 N–H and O–H groups in total. The minimum absolute atomic E-state index is 0.108. The smallest absolute Gasteiger partial charge is 0.387 e. The lowest BCUT2D eigenvalue weighted by Gasteiger charge is -2.27. The zero-order chi connectivity index (χ0) is 23.5. The number of halogens is 3. The first kappa shape index (κ1) is 22.9. The zero-order valence-corrected chi connectivity index (χ0v) is 17.5. The molecule has 3 heterocycles. The Kier molecular flexibility index (Phi) is 6.70. The topological polar surface area (TPSA) is 99.3 Å². The zero-order valence-electron chi connectivity index (χ0n) is 17.5. The highest BCUT2D eigenvalue weighted by atomic mass is 19.3. The fraction of sp³-hybridized carbons (Fsp3) is 0.364. The van der Waals surface area contributed by atoms with Crippen LogP contribution in [0.15, 0.2) is 42.7 Å². The number of aliphatic hydroxyl groups excluding tert-OH is 2. The molecule has 2 aromatic heterocycles. The number of nitrogens with one attached hydrogen (secondary N) is 1. The number of fused-ring (bicyclic) bond motifs is 1. The number of nitrogens with zero attached hydrogens (tertiary/aromatic N) is 3. The number of carbonyl (C=O) groups is 1. The highest BCUT2D eigenvalue weighted by Crippen LogP contribution is 2.38. The third-order valence-corrected chi connectivity index (χ3v) is 5.55. The molecule has 1 unspecified atom stereocenters. The first-order valence-corrected chi connectivity index (χ1v) is 10.4. The van der Waals surface area contributed by atoms with Crippen molar-refractivity contribution in [3.8, 4) is 5.75 Å². The number of rotatable bonds is 8. The van der Waals surface area contributed by atoms with Crippen LogP contribution in [0.3, 0.4) is 0 Å². The summed E-state index contributed by atoms with van der Waals surface area (Å²) >= 11 is 0. The number of carbonyl (C=O) groups excluding carboxylic acids is 1. The average molecular weight is 464 g/mol. The van der Waals surface area contributed by atoms with Gasteiger partial charge in [-0.05, 0) is 42.7 Å². The lowest BCUT2D eigenvalue weighted by atomic mass is 10.0. The molecular formula is C22H23F3N4O4. The van der Waals surface area contributed by atoms with E-state index in [9.17, 15) is 23.1 Å². The molecular weight excluding hydrogens is 441 g/mol. The number of aromatic nitrogens is 2. The van der Waals surface area contributed by atoms with Crippen LogP contribution in [-0.2, 0) is 0 Å². The van der Waals surface area contributed by atoms with Crippen molar-refractivity contribution >= 4 is 17.1 Å². The second-order valence-corrected chi connectivity index (χ2v) is 7.77. The Balaban J connectivity index is 1.62. The lowest BCUT2D eigenvalue weighted by molar-refractivity contribution is -0.0500. The molecule has 2 atom stereocenters. The van der Waals surface area contributed by atoms with Crippen molar-refractivity contribution in [1.82, 2.24) is 14.9 Å². The maximum Gasteiger partial charge on any atom is 0.387 e. The van der Waals surface area contributed by atoms with E-state index in [1.54, 1.807) is 12.3 Å². The Morgan fingerprint density at radius 3 is 2.88 bits per heavy atom. The summed E-state index contributed by atoms with van der Waals surface area (Å²) in [7, 11) is 0. The Bertz CT molecular complexity index is 1140. The Morgan fingerprint density at radius 1 is 1.30 bits per heavy atom. The van der Waals surface area contributed by atoms with Crippen LogP contribution < -0.4 is 15.0 Å². The van der Waals surface area contributed by atoms with Crippen LogP contribution in [0.25, 0.3) is 5.52 Å².